The van der Waals surface area contributed by atoms with Gasteiger partial charge in [-0.05, 0) is 50.6 Å². The van der Waals surface area contributed by atoms with E-state index in [4.69, 9.17) is 9.47 Å². The molecule has 0 fully saturated rings. The van der Waals surface area contributed by atoms with Gasteiger partial charge in [-0.2, -0.15) is 4.31 Å². The molecule has 0 spiro atoms. The molecule has 9 heteroatoms. The first kappa shape index (κ1) is 24.5. The van der Waals surface area contributed by atoms with E-state index in [9.17, 15) is 8.42 Å². The second-order valence-electron chi connectivity index (χ2n) is 7.11. The molecule has 0 saturated heterocycles. The maximum atomic E-state index is 12.6. The van der Waals surface area contributed by atoms with Gasteiger partial charge in [-0.25, -0.2) is 8.42 Å². The van der Waals surface area contributed by atoms with Gasteiger partial charge in [0, 0.05) is 38.4 Å². The number of benzene rings is 2. The van der Waals surface area contributed by atoms with Gasteiger partial charge in [0.2, 0.25) is 10.0 Å². The van der Waals surface area contributed by atoms with Crippen LogP contribution < -0.4 is 20.1 Å². The molecule has 170 valence electrons. The summed E-state index contributed by atoms with van der Waals surface area (Å²) in [6.07, 6.45) is 0. The van der Waals surface area contributed by atoms with Crippen LogP contribution in [0, 0.1) is 0 Å². The Morgan fingerprint density at radius 2 is 1.81 bits per heavy atom. The smallest absolute Gasteiger partial charge is 0.243 e. The molecule has 0 amide bonds. The van der Waals surface area contributed by atoms with Crippen LogP contribution in [-0.4, -0.2) is 52.5 Å². The number of hydrogen-bond acceptors (Lipinski definition) is 5. The molecule has 0 aromatic heterocycles. The largest absolute Gasteiger partial charge is 0.493 e. The number of nitrogens with one attached hydrogen (secondary N) is 2. The molecule has 8 nitrogen and oxygen atoms in total. The average Bonchev–Trinajstić information content (AvgIpc) is 2.77. The van der Waals surface area contributed by atoms with Gasteiger partial charge >= 0.3 is 0 Å². The number of rotatable bonds is 9. The zero-order valence-electron chi connectivity index (χ0n) is 19.0. The van der Waals surface area contributed by atoms with Crippen LogP contribution in [0.2, 0.25) is 0 Å². The van der Waals surface area contributed by atoms with Crippen molar-refractivity contribution in [2.24, 2.45) is 4.99 Å². The molecule has 0 bridgehead atoms. The fourth-order valence-corrected chi connectivity index (χ4v) is 4.11. The van der Waals surface area contributed by atoms with E-state index >= 15 is 0 Å². The molecular formula is C22H32N4O4S. The second-order valence-corrected chi connectivity index (χ2v) is 9.11. The SMILES string of the molecule is CCOc1ccc(NC(=NC)NCc2ccc(S(=O)(=O)N(C)C(C)C)cc2)cc1OC. The number of sulfonamides is 1. The summed E-state index contributed by atoms with van der Waals surface area (Å²) in [6, 6.07) is 12.3. The first-order valence-corrected chi connectivity index (χ1v) is 11.5. The highest BCUT2D eigenvalue weighted by molar-refractivity contribution is 7.89. The average molecular weight is 449 g/mol. The molecule has 0 atom stereocenters. The molecule has 0 radical (unpaired) electrons. The third-order valence-electron chi connectivity index (χ3n) is 4.74. The van der Waals surface area contributed by atoms with Gasteiger partial charge < -0.3 is 20.1 Å². The fourth-order valence-electron chi connectivity index (χ4n) is 2.74. The number of ether oxygens (including phenoxy) is 2. The first-order valence-electron chi connectivity index (χ1n) is 10.1. The normalized spacial score (nSPS) is 12.2. The van der Waals surface area contributed by atoms with Gasteiger partial charge in [0.15, 0.2) is 17.5 Å². The van der Waals surface area contributed by atoms with Gasteiger partial charge in [0.05, 0.1) is 18.6 Å². The minimum atomic E-state index is -3.49. The summed E-state index contributed by atoms with van der Waals surface area (Å²) in [5.74, 6) is 1.88. The molecule has 31 heavy (non-hydrogen) atoms. The van der Waals surface area contributed by atoms with E-state index in [0.29, 0.717) is 30.6 Å². The van der Waals surface area contributed by atoms with Gasteiger partial charge in [-0.15, -0.1) is 0 Å². The molecule has 0 unspecified atom stereocenters. The Morgan fingerprint density at radius 1 is 1.13 bits per heavy atom. The van der Waals surface area contributed by atoms with Gasteiger partial charge in [-0.3, -0.25) is 4.99 Å². The van der Waals surface area contributed by atoms with Crippen LogP contribution in [0.1, 0.15) is 26.3 Å². The molecule has 0 heterocycles. The third kappa shape index (κ3) is 6.35. The van der Waals surface area contributed by atoms with Crippen molar-refractivity contribution in [3.63, 3.8) is 0 Å². The van der Waals surface area contributed by atoms with Gasteiger partial charge in [-0.1, -0.05) is 12.1 Å². The van der Waals surface area contributed by atoms with Crippen LogP contribution in [0.3, 0.4) is 0 Å². The molecule has 0 aliphatic heterocycles. The summed E-state index contributed by atoms with van der Waals surface area (Å²) in [7, 11) is 1.37. The molecule has 0 aliphatic carbocycles. The van der Waals surface area contributed by atoms with E-state index in [2.05, 4.69) is 15.6 Å². The number of aliphatic imine (C=N–C) groups is 1. The lowest BCUT2D eigenvalue weighted by atomic mass is 10.2. The Kier molecular flexibility index (Phi) is 8.70. The standard InChI is InChI=1S/C22H32N4O4S/c1-7-30-20-13-10-18(14-21(20)29-6)25-22(23-4)24-15-17-8-11-19(12-9-17)31(27,28)26(5)16(2)3/h8-14,16H,7,15H2,1-6H3,(H2,23,24,25). The molecule has 2 N–H and O–H groups in total. The second kappa shape index (κ2) is 11.0. The van der Waals surface area contributed by atoms with Crippen LogP contribution in [0.25, 0.3) is 0 Å². The number of guanidine groups is 1. The minimum absolute atomic E-state index is 0.109. The van der Waals surface area contributed by atoms with Crippen LogP contribution in [0.5, 0.6) is 11.5 Å². The number of methoxy groups -OCH3 is 1. The van der Waals surface area contributed by atoms with Crippen LogP contribution >= 0.6 is 0 Å². The van der Waals surface area contributed by atoms with E-state index in [1.807, 2.05) is 39.0 Å². The summed E-state index contributed by atoms with van der Waals surface area (Å²) in [5, 5.41) is 6.42. The topological polar surface area (TPSA) is 92.3 Å². The van der Waals surface area contributed by atoms with Crippen LogP contribution in [-0.2, 0) is 16.6 Å². The lowest BCUT2D eigenvalue weighted by molar-refractivity contribution is 0.311. The molecular weight excluding hydrogens is 416 g/mol. The molecule has 2 aromatic rings. The van der Waals surface area contributed by atoms with E-state index in [0.717, 1.165) is 11.3 Å². The predicted molar refractivity (Wildman–Crippen MR) is 125 cm³/mol. The third-order valence-corrected chi connectivity index (χ3v) is 6.79. The lowest BCUT2D eigenvalue weighted by Crippen LogP contribution is -2.33. The highest BCUT2D eigenvalue weighted by atomic mass is 32.2. The van der Waals surface area contributed by atoms with Crippen molar-refractivity contribution in [3.05, 3.63) is 48.0 Å². The van der Waals surface area contributed by atoms with Crippen molar-refractivity contribution in [1.29, 1.82) is 0 Å². The van der Waals surface area contributed by atoms with Crippen molar-refractivity contribution < 1.29 is 17.9 Å². The van der Waals surface area contributed by atoms with Crippen LogP contribution in [0.15, 0.2) is 52.4 Å². The molecule has 2 rings (SSSR count). The summed E-state index contributed by atoms with van der Waals surface area (Å²) < 4.78 is 37.4. The number of nitrogens with zero attached hydrogens (tertiary/aromatic N) is 2. The molecule has 2 aromatic carbocycles. The Hall–Kier alpha value is -2.78. The van der Waals surface area contributed by atoms with E-state index in [1.165, 1.54) is 4.31 Å². The Bertz CT molecular complexity index is 989. The highest BCUT2D eigenvalue weighted by Gasteiger charge is 2.22. The van der Waals surface area contributed by atoms with E-state index in [-0.39, 0.29) is 10.9 Å². The van der Waals surface area contributed by atoms with Crippen molar-refractivity contribution in [2.75, 3.05) is 33.1 Å². The summed E-state index contributed by atoms with van der Waals surface area (Å²) in [6.45, 7) is 6.64. The lowest BCUT2D eigenvalue weighted by Gasteiger charge is -2.21. The van der Waals surface area contributed by atoms with Gasteiger partial charge in [0.25, 0.3) is 0 Å². The summed E-state index contributed by atoms with van der Waals surface area (Å²) >= 11 is 0. The maximum Gasteiger partial charge on any atom is 0.243 e. The highest BCUT2D eigenvalue weighted by Crippen LogP contribution is 2.30. The summed E-state index contributed by atoms with van der Waals surface area (Å²) in [5.41, 5.74) is 1.73. The van der Waals surface area contributed by atoms with Crippen molar-refractivity contribution in [1.82, 2.24) is 9.62 Å². The zero-order chi connectivity index (χ0) is 23.0. The Morgan fingerprint density at radius 3 is 2.35 bits per heavy atom. The zero-order valence-corrected chi connectivity index (χ0v) is 19.8. The Labute approximate surface area is 185 Å². The van der Waals surface area contributed by atoms with Crippen molar-refractivity contribution >= 4 is 21.7 Å². The summed E-state index contributed by atoms with van der Waals surface area (Å²) in [4.78, 5) is 4.51. The Balaban J connectivity index is 2.03. The fraction of sp³-hybridized carbons (Fsp3) is 0.409. The maximum absolute atomic E-state index is 12.6. The minimum Gasteiger partial charge on any atom is -0.493 e. The van der Waals surface area contributed by atoms with Crippen LogP contribution in [0.4, 0.5) is 5.69 Å². The van der Waals surface area contributed by atoms with Gasteiger partial charge in [0.1, 0.15) is 0 Å². The molecule has 0 aliphatic rings. The predicted octanol–water partition coefficient (Wildman–Crippen LogP) is 3.31. The van der Waals surface area contributed by atoms with Crippen molar-refractivity contribution in [2.45, 2.75) is 38.3 Å². The van der Waals surface area contributed by atoms with Crippen molar-refractivity contribution in [3.8, 4) is 11.5 Å². The first-order chi connectivity index (χ1) is 14.7. The quantitative estimate of drug-likeness (QED) is 0.452. The monoisotopic (exact) mass is 448 g/mol. The van der Waals surface area contributed by atoms with E-state index < -0.39 is 10.0 Å². The molecule has 0 saturated carbocycles. The number of hydrogen-bond donors (Lipinski definition) is 2. The van der Waals surface area contributed by atoms with E-state index in [1.54, 1.807) is 45.5 Å². The number of anilines is 1.